The molecule has 3 aromatic rings. The second-order valence-electron chi connectivity index (χ2n) is 5.80. The standard InChI is InChI=1S/C18H17FN2OS2/c1-11(2)16(12-3-5-14(19)6-4-12)21-17(22)15-10-24-18(20-15)13-7-8-23-9-13/h3-11,16H,1-2H3,(H,21,22). The first kappa shape index (κ1) is 16.8. The van der Waals surface area contributed by atoms with E-state index < -0.39 is 0 Å². The molecule has 3 rings (SSSR count). The maximum absolute atomic E-state index is 13.1. The summed E-state index contributed by atoms with van der Waals surface area (Å²) >= 11 is 3.05. The molecule has 0 saturated heterocycles. The molecule has 1 amide bonds. The van der Waals surface area contributed by atoms with Crippen molar-refractivity contribution >= 4 is 28.6 Å². The number of carbonyl (C=O) groups excluding carboxylic acids is 1. The van der Waals surface area contributed by atoms with Crippen LogP contribution in [-0.2, 0) is 0 Å². The molecule has 124 valence electrons. The second kappa shape index (κ2) is 7.23. The number of amides is 1. The highest BCUT2D eigenvalue weighted by atomic mass is 32.1. The van der Waals surface area contributed by atoms with E-state index in [-0.39, 0.29) is 23.7 Å². The largest absolute Gasteiger partial charge is 0.344 e. The highest BCUT2D eigenvalue weighted by Gasteiger charge is 2.21. The van der Waals surface area contributed by atoms with E-state index in [1.54, 1.807) is 28.8 Å². The summed E-state index contributed by atoms with van der Waals surface area (Å²) in [6.45, 7) is 4.04. The van der Waals surface area contributed by atoms with E-state index in [9.17, 15) is 9.18 Å². The van der Waals surface area contributed by atoms with Gasteiger partial charge in [-0.3, -0.25) is 4.79 Å². The zero-order chi connectivity index (χ0) is 17.1. The zero-order valence-corrected chi connectivity index (χ0v) is 15.0. The molecule has 1 N–H and O–H groups in total. The molecule has 24 heavy (non-hydrogen) atoms. The average Bonchev–Trinajstić information content (AvgIpc) is 3.24. The number of hydrogen-bond donors (Lipinski definition) is 1. The molecular weight excluding hydrogens is 343 g/mol. The predicted octanol–water partition coefficient (Wildman–Crippen LogP) is 5.14. The molecule has 0 aliphatic heterocycles. The fourth-order valence-electron chi connectivity index (χ4n) is 2.42. The Balaban J connectivity index is 1.77. The Hall–Kier alpha value is -2.05. The quantitative estimate of drug-likeness (QED) is 0.685. The fourth-order valence-corrected chi connectivity index (χ4v) is 3.93. The Morgan fingerprint density at radius 2 is 1.92 bits per heavy atom. The van der Waals surface area contributed by atoms with Gasteiger partial charge in [-0.05, 0) is 35.1 Å². The Labute approximate surface area is 148 Å². The van der Waals surface area contributed by atoms with Crippen LogP contribution >= 0.6 is 22.7 Å². The van der Waals surface area contributed by atoms with Crippen molar-refractivity contribution in [1.82, 2.24) is 10.3 Å². The Morgan fingerprint density at radius 1 is 1.17 bits per heavy atom. The van der Waals surface area contributed by atoms with Gasteiger partial charge in [-0.15, -0.1) is 11.3 Å². The summed E-state index contributed by atoms with van der Waals surface area (Å²) in [4.78, 5) is 17.0. The number of nitrogens with one attached hydrogen (secondary N) is 1. The summed E-state index contributed by atoms with van der Waals surface area (Å²) in [5, 5.41) is 9.61. The van der Waals surface area contributed by atoms with E-state index in [4.69, 9.17) is 0 Å². The topological polar surface area (TPSA) is 42.0 Å². The second-order valence-corrected chi connectivity index (χ2v) is 7.43. The molecule has 2 heterocycles. The SMILES string of the molecule is CC(C)C(NC(=O)c1csc(-c2ccsc2)n1)c1ccc(F)cc1. The third-order valence-electron chi connectivity index (χ3n) is 3.69. The van der Waals surface area contributed by atoms with Crippen LogP contribution in [0.4, 0.5) is 4.39 Å². The summed E-state index contributed by atoms with van der Waals surface area (Å²) in [6.07, 6.45) is 0. The van der Waals surface area contributed by atoms with Gasteiger partial charge in [0.2, 0.25) is 0 Å². The zero-order valence-electron chi connectivity index (χ0n) is 13.3. The molecule has 1 atom stereocenters. The first-order chi connectivity index (χ1) is 11.5. The highest BCUT2D eigenvalue weighted by Crippen LogP contribution is 2.27. The van der Waals surface area contributed by atoms with Gasteiger partial charge in [0.1, 0.15) is 16.5 Å². The number of carbonyl (C=O) groups is 1. The molecule has 0 saturated carbocycles. The third-order valence-corrected chi connectivity index (χ3v) is 5.26. The molecule has 3 nitrogen and oxygen atoms in total. The van der Waals surface area contributed by atoms with Crippen LogP contribution in [0.2, 0.25) is 0 Å². The minimum absolute atomic E-state index is 0.175. The van der Waals surface area contributed by atoms with Gasteiger partial charge in [0.15, 0.2) is 0 Å². The van der Waals surface area contributed by atoms with Crippen molar-refractivity contribution < 1.29 is 9.18 Å². The number of aromatic nitrogens is 1. The molecule has 0 spiro atoms. The van der Waals surface area contributed by atoms with Crippen LogP contribution < -0.4 is 5.32 Å². The summed E-state index contributed by atoms with van der Waals surface area (Å²) in [5.74, 6) is -0.322. The van der Waals surface area contributed by atoms with E-state index >= 15 is 0 Å². The summed E-state index contributed by atoms with van der Waals surface area (Å²) in [7, 11) is 0. The fraction of sp³-hybridized carbons (Fsp3) is 0.222. The Morgan fingerprint density at radius 3 is 2.54 bits per heavy atom. The molecule has 0 fully saturated rings. The van der Waals surface area contributed by atoms with Gasteiger partial charge in [0.05, 0.1) is 6.04 Å². The van der Waals surface area contributed by atoms with Crippen LogP contribution in [0.5, 0.6) is 0 Å². The lowest BCUT2D eigenvalue weighted by molar-refractivity contribution is 0.0921. The van der Waals surface area contributed by atoms with E-state index in [0.717, 1.165) is 16.1 Å². The summed E-state index contributed by atoms with van der Waals surface area (Å²) in [5.41, 5.74) is 2.32. The van der Waals surface area contributed by atoms with Crippen molar-refractivity contribution in [3.05, 3.63) is 63.5 Å². The van der Waals surface area contributed by atoms with Crippen LogP contribution in [0.15, 0.2) is 46.5 Å². The number of nitrogens with zero attached hydrogens (tertiary/aromatic N) is 1. The van der Waals surface area contributed by atoms with Crippen molar-refractivity contribution in [2.24, 2.45) is 5.92 Å². The molecule has 0 bridgehead atoms. The lowest BCUT2D eigenvalue weighted by atomic mass is 9.96. The molecule has 1 unspecified atom stereocenters. The number of halogens is 1. The van der Waals surface area contributed by atoms with Crippen LogP contribution in [0.25, 0.3) is 10.6 Å². The minimum Gasteiger partial charge on any atom is -0.344 e. The third kappa shape index (κ3) is 3.71. The van der Waals surface area contributed by atoms with Gasteiger partial charge in [-0.1, -0.05) is 26.0 Å². The molecule has 0 radical (unpaired) electrons. The van der Waals surface area contributed by atoms with Crippen molar-refractivity contribution in [3.63, 3.8) is 0 Å². The first-order valence-corrected chi connectivity index (χ1v) is 9.41. The van der Waals surface area contributed by atoms with Gasteiger partial charge in [0, 0.05) is 16.3 Å². The van der Waals surface area contributed by atoms with Gasteiger partial charge in [-0.25, -0.2) is 9.37 Å². The van der Waals surface area contributed by atoms with E-state index in [2.05, 4.69) is 10.3 Å². The lowest BCUT2D eigenvalue weighted by Gasteiger charge is -2.22. The van der Waals surface area contributed by atoms with E-state index in [0.29, 0.717) is 5.69 Å². The van der Waals surface area contributed by atoms with Crippen molar-refractivity contribution in [2.45, 2.75) is 19.9 Å². The van der Waals surface area contributed by atoms with Gasteiger partial charge < -0.3 is 5.32 Å². The average molecular weight is 360 g/mol. The van der Waals surface area contributed by atoms with Crippen molar-refractivity contribution in [3.8, 4) is 10.6 Å². The minimum atomic E-state index is -0.285. The maximum Gasteiger partial charge on any atom is 0.271 e. The van der Waals surface area contributed by atoms with Gasteiger partial charge in [0.25, 0.3) is 5.91 Å². The molecular formula is C18H17FN2OS2. The number of thiazole rings is 1. The molecule has 0 aliphatic carbocycles. The predicted molar refractivity (Wildman–Crippen MR) is 96.9 cm³/mol. The molecule has 0 aliphatic rings. The van der Waals surface area contributed by atoms with Crippen LogP contribution in [0.1, 0.15) is 35.9 Å². The summed E-state index contributed by atoms with van der Waals surface area (Å²) < 4.78 is 13.1. The molecule has 2 aromatic heterocycles. The van der Waals surface area contributed by atoms with Gasteiger partial charge in [-0.2, -0.15) is 11.3 Å². The van der Waals surface area contributed by atoms with Crippen LogP contribution in [-0.4, -0.2) is 10.9 Å². The Kier molecular flexibility index (Phi) is 5.06. The number of rotatable bonds is 5. The number of hydrogen-bond acceptors (Lipinski definition) is 4. The first-order valence-electron chi connectivity index (χ1n) is 7.59. The maximum atomic E-state index is 13.1. The highest BCUT2D eigenvalue weighted by molar-refractivity contribution is 7.14. The molecule has 6 heteroatoms. The Bertz CT molecular complexity index is 810. The van der Waals surface area contributed by atoms with Crippen molar-refractivity contribution in [1.29, 1.82) is 0 Å². The van der Waals surface area contributed by atoms with Crippen molar-refractivity contribution in [2.75, 3.05) is 0 Å². The number of benzene rings is 1. The summed E-state index contributed by atoms with van der Waals surface area (Å²) in [6, 6.07) is 8.03. The number of thiophene rings is 1. The normalized spacial score (nSPS) is 12.3. The van der Waals surface area contributed by atoms with E-state index in [1.165, 1.54) is 23.5 Å². The van der Waals surface area contributed by atoms with Crippen LogP contribution in [0, 0.1) is 11.7 Å². The smallest absolute Gasteiger partial charge is 0.271 e. The van der Waals surface area contributed by atoms with E-state index in [1.807, 2.05) is 30.7 Å². The monoisotopic (exact) mass is 360 g/mol. The van der Waals surface area contributed by atoms with Gasteiger partial charge >= 0.3 is 0 Å². The van der Waals surface area contributed by atoms with Crippen LogP contribution in [0.3, 0.4) is 0 Å². The lowest BCUT2D eigenvalue weighted by Crippen LogP contribution is -2.32. The molecule has 1 aromatic carbocycles.